The molecule has 0 atom stereocenters. The summed E-state index contributed by atoms with van der Waals surface area (Å²) < 4.78 is 5.72. The van der Waals surface area contributed by atoms with Crippen molar-refractivity contribution in [1.29, 1.82) is 0 Å². The van der Waals surface area contributed by atoms with E-state index >= 15 is 0 Å². The van der Waals surface area contributed by atoms with Crippen molar-refractivity contribution in [2.45, 2.75) is 20.0 Å². The summed E-state index contributed by atoms with van der Waals surface area (Å²) in [6.07, 6.45) is -0.104. The second kappa shape index (κ2) is 6.90. The van der Waals surface area contributed by atoms with Gasteiger partial charge in [0.1, 0.15) is 10.8 Å². The second-order valence-electron chi connectivity index (χ2n) is 5.78. The number of amides is 2. The number of carbonyl (C=O) groups excluding carboxylic acids is 2. The third kappa shape index (κ3) is 3.28. The average molecular weight is 376 g/mol. The van der Waals surface area contributed by atoms with Crippen molar-refractivity contribution in [1.82, 2.24) is 0 Å². The fourth-order valence-corrected chi connectivity index (χ4v) is 2.98. The predicted molar refractivity (Wildman–Crippen MR) is 98.9 cm³/mol. The van der Waals surface area contributed by atoms with Crippen LogP contribution in [0.2, 0.25) is 5.02 Å². The Morgan fingerprint density at radius 2 is 1.56 bits per heavy atom. The van der Waals surface area contributed by atoms with Gasteiger partial charge in [0.15, 0.2) is 0 Å². The van der Waals surface area contributed by atoms with E-state index in [0.717, 1.165) is 4.90 Å². The van der Waals surface area contributed by atoms with Crippen LogP contribution in [-0.4, -0.2) is 17.9 Å². The Labute approximate surface area is 155 Å². The van der Waals surface area contributed by atoms with Gasteiger partial charge in [0.25, 0.3) is 11.8 Å². The molecule has 3 rings (SSSR count). The number of ether oxygens (including phenoxy) is 1. The maximum absolute atomic E-state index is 12.9. The molecule has 0 saturated carbocycles. The first-order chi connectivity index (χ1) is 11.9. The number of anilines is 1. The highest BCUT2D eigenvalue weighted by Gasteiger charge is 2.40. The van der Waals surface area contributed by atoms with Crippen molar-refractivity contribution in [2.75, 3.05) is 4.90 Å². The molecule has 0 fully saturated rings. The molecule has 25 heavy (non-hydrogen) atoms. The molecule has 0 unspecified atom stereocenters. The Bertz CT molecular complexity index is 872. The van der Waals surface area contributed by atoms with Gasteiger partial charge in [0.2, 0.25) is 0 Å². The smallest absolute Gasteiger partial charge is 0.277 e. The zero-order chi connectivity index (χ0) is 18.1. The Hall–Kier alpha value is -2.30. The van der Waals surface area contributed by atoms with Crippen molar-refractivity contribution < 1.29 is 14.3 Å². The Morgan fingerprint density at radius 1 is 0.920 bits per heavy atom. The lowest BCUT2D eigenvalue weighted by molar-refractivity contribution is -0.119. The minimum atomic E-state index is -0.573. The first-order valence-electron chi connectivity index (χ1n) is 7.70. The quantitative estimate of drug-likeness (QED) is 0.730. The average Bonchev–Trinajstić information content (AvgIpc) is 2.79. The van der Waals surface area contributed by atoms with Gasteiger partial charge < -0.3 is 4.74 Å². The summed E-state index contributed by atoms with van der Waals surface area (Å²) in [6, 6.07) is 13.5. The van der Waals surface area contributed by atoms with Gasteiger partial charge in [-0.05, 0) is 43.7 Å². The standard InChI is InChI=1S/C19H15Cl2NO3/c1-11(2)25-15-6-4-3-5-14(15)22-18(23)16(17(21)19(22)24)12-7-9-13(20)10-8-12/h3-11H,1-2H3. The number of hydrogen-bond donors (Lipinski definition) is 0. The van der Waals surface area contributed by atoms with E-state index in [1.54, 1.807) is 48.5 Å². The second-order valence-corrected chi connectivity index (χ2v) is 6.59. The van der Waals surface area contributed by atoms with Crippen LogP contribution in [0.3, 0.4) is 0 Å². The molecule has 0 N–H and O–H groups in total. The number of halogens is 2. The lowest BCUT2D eigenvalue weighted by atomic mass is 10.1. The molecule has 1 aliphatic heterocycles. The number of rotatable bonds is 4. The molecule has 2 aromatic rings. The number of para-hydroxylation sites is 2. The summed E-state index contributed by atoms with van der Waals surface area (Å²) in [5, 5.41) is 0.413. The molecule has 0 aliphatic carbocycles. The largest absolute Gasteiger partial charge is 0.489 e. The van der Waals surface area contributed by atoms with Crippen LogP contribution >= 0.6 is 23.2 Å². The van der Waals surface area contributed by atoms with E-state index < -0.39 is 11.8 Å². The molecule has 0 spiro atoms. The van der Waals surface area contributed by atoms with Crippen molar-refractivity contribution >= 4 is 46.3 Å². The number of benzene rings is 2. The van der Waals surface area contributed by atoms with E-state index in [1.807, 2.05) is 13.8 Å². The highest BCUT2D eigenvalue weighted by molar-refractivity contribution is 6.60. The molecule has 6 heteroatoms. The summed E-state index contributed by atoms with van der Waals surface area (Å²) >= 11 is 12.1. The summed E-state index contributed by atoms with van der Waals surface area (Å²) in [5.74, 6) is -0.616. The van der Waals surface area contributed by atoms with E-state index in [0.29, 0.717) is 22.0 Å². The van der Waals surface area contributed by atoms with Crippen LogP contribution in [0.5, 0.6) is 5.75 Å². The summed E-state index contributed by atoms with van der Waals surface area (Å²) in [4.78, 5) is 26.6. The van der Waals surface area contributed by atoms with E-state index in [-0.39, 0.29) is 16.7 Å². The van der Waals surface area contributed by atoms with Gasteiger partial charge in [-0.3, -0.25) is 9.59 Å². The lowest BCUT2D eigenvalue weighted by Crippen LogP contribution is -2.31. The number of imide groups is 1. The van der Waals surface area contributed by atoms with Crippen LogP contribution in [0.4, 0.5) is 5.69 Å². The van der Waals surface area contributed by atoms with E-state index in [1.165, 1.54) is 0 Å². The minimum absolute atomic E-state index is 0.104. The lowest BCUT2D eigenvalue weighted by Gasteiger charge is -2.20. The first-order valence-corrected chi connectivity index (χ1v) is 8.46. The van der Waals surface area contributed by atoms with E-state index in [4.69, 9.17) is 27.9 Å². The monoisotopic (exact) mass is 375 g/mol. The Kier molecular flexibility index (Phi) is 4.84. The number of carbonyl (C=O) groups is 2. The SMILES string of the molecule is CC(C)Oc1ccccc1N1C(=O)C(Cl)=C(c2ccc(Cl)cc2)C1=O. The van der Waals surface area contributed by atoms with Crippen LogP contribution in [0.1, 0.15) is 19.4 Å². The molecular formula is C19H15Cl2NO3. The summed E-state index contributed by atoms with van der Waals surface area (Å²) in [6.45, 7) is 3.74. The fraction of sp³-hybridized carbons (Fsp3) is 0.158. The highest BCUT2D eigenvalue weighted by atomic mass is 35.5. The minimum Gasteiger partial charge on any atom is -0.489 e. The molecular weight excluding hydrogens is 361 g/mol. The number of nitrogens with zero attached hydrogens (tertiary/aromatic N) is 1. The summed E-state index contributed by atoms with van der Waals surface area (Å²) in [5.41, 5.74) is 1.06. The maximum Gasteiger partial charge on any atom is 0.277 e. The molecule has 128 valence electrons. The van der Waals surface area contributed by atoms with Crippen LogP contribution in [-0.2, 0) is 9.59 Å². The van der Waals surface area contributed by atoms with Crippen molar-refractivity contribution in [3.63, 3.8) is 0 Å². The van der Waals surface area contributed by atoms with Gasteiger partial charge in [-0.25, -0.2) is 4.90 Å². The van der Waals surface area contributed by atoms with Crippen LogP contribution < -0.4 is 9.64 Å². The third-order valence-corrected chi connectivity index (χ3v) is 4.23. The first kappa shape index (κ1) is 17.5. The third-order valence-electron chi connectivity index (χ3n) is 3.63. The van der Waals surface area contributed by atoms with Gasteiger partial charge >= 0.3 is 0 Å². The van der Waals surface area contributed by atoms with Crippen molar-refractivity contribution in [3.05, 3.63) is 64.1 Å². The van der Waals surface area contributed by atoms with Gasteiger partial charge in [0.05, 0.1) is 17.4 Å². The Balaban J connectivity index is 2.04. The van der Waals surface area contributed by atoms with Crippen LogP contribution in [0, 0.1) is 0 Å². The number of hydrogen-bond acceptors (Lipinski definition) is 3. The maximum atomic E-state index is 12.9. The Morgan fingerprint density at radius 3 is 2.20 bits per heavy atom. The molecule has 0 aromatic heterocycles. The fourth-order valence-electron chi connectivity index (χ4n) is 2.58. The highest BCUT2D eigenvalue weighted by Crippen LogP contribution is 2.39. The molecule has 2 amide bonds. The predicted octanol–water partition coefficient (Wildman–Crippen LogP) is 4.65. The molecule has 1 aliphatic rings. The summed E-state index contributed by atoms with van der Waals surface area (Å²) in [7, 11) is 0. The molecule has 0 saturated heterocycles. The van der Waals surface area contributed by atoms with Gasteiger partial charge in [-0.2, -0.15) is 0 Å². The van der Waals surface area contributed by atoms with Crippen molar-refractivity contribution in [2.24, 2.45) is 0 Å². The van der Waals surface area contributed by atoms with Crippen LogP contribution in [0.15, 0.2) is 53.6 Å². The van der Waals surface area contributed by atoms with Gasteiger partial charge in [0, 0.05) is 5.02 Å². The topological polar surface area (TPSA) is 46.6 Å². The normalized spacial score (nSPS) is 14.7. The molecule has 0 bridgehead atoms. The molecule has 4 nitrogen and oxygen atoms in total. The van der Waals surface area contributed by atoms with Gasteiger partial charge in [-0.15, -0.1) is 0 Å². The molecule has 2 aromatic carbocycles. The van der Waals surface area contributed by atoms with E-state index in [2.05, 4.69) is 0 Å². The molecule has 1 heterocycles. The van der Waals surface area contributed by atoms with Crippen molar-refractivity contribution in [3.8, 4) is 5.75 Å². The zero-order valence-corrected chi connectivity index (χ0v) is 15.1. The van der Waals surface area contributed by atoms with Gasteiger partial charge in [-0.1, -0.05) is 47.5 Å². The zero-order valence-electron chi connectivity index (χ0n) is 13.6. The van der Waals surface area contributed by atoms with E-state index in [9.17, 15) is 9.59 Å². The molecule has 0 radical (unpaired) electrons. The van der Waals surface area contributed by atoms with Crippen LogP contribution in [0.25, 0.3) is 5.57 Å².